The number of imide groups is 1. The number of hydrogen-bond acceptors (Lipinski definition) is 3. The Bertz CT molecular complexity index is 208. The Morgan fingerprint density at radius 1 is 1.54 bits per heavy atom. The van der Waals surface area contributed by atoms with Gasteiger partial charge in [0.25, 0.3) is 0 Å². The van der Waals surface area contributed by atoms with Gasteiger partial charge in [-0.05, 0) is 17.9 Å². The molecule has 13 heavy (non-hydrogen) atoms. The first kappa shape index (κ1) is 10.4. The van der Waals surface area contributed by atoms with Crippen LogP contribution in [0, 0.1) is 0 Å². The summed E-state index contributed by atoms with van der Waals surface area (Å²) in [6.45, 7) is 3.02. The van der Waals surface area contributed by atoms with Gasteiger partial charge in [-0.15, -0.1) is 0 Å². The second-order valence-electron chi connectivity index (χ2n) is 2.83. The zero-order valence-corrected chi connectivity index (χ0v) is 8.52. The maximum Gasteiger partial charge on any atom is 0.324 e. The number of carbonyl (C=O) groups is 2. The van der Waals surface area contributed by atoms with Crippen molar-refractivity contribution in [1.82, 2.24) is 10.2 Å². The van der Waals surface area contributed by atoms with Gasteiger partial charge < -0.3 is 4.90 Å². The monoisotopic (exact) mass is 202 g/mol. The van der Waals surface area contributed by atoms with Crippen molar-refractivity contribution in [1.29, 1.82) is 0 Å². The average molecular weight is 202 g/mol. The summed E-state index contributed by atoms with van der Waals surface area (Å²) in [7, 11) is 0. The molecule has 1 fully saturated rings. The molecule has 1 N–H and O–H groups in total. The summed E-state index contributed by atoms with van der Waals surface area (Å²) in [5.74, 6) is 1.97. The third-order valence-electron chi connectivity index (χ3n) is 1.79. The number of thioether (sulfide) groups is 1. The van der Waals surface area contributed by atoms with Crippen LogP contribution in [0.4, 0.5) is 4.79 Å². The summed E-state index contributed by atoms with van der Waals surface area (Å²) in [6, 6.07) is -0.244. The molecule has 1 heterocycles. The SMILES string of the molecule is CCSCCCN1CC(=O)NC1=O. The molecule has 1 aliphatic heterocycles. The highest BCUT2D eigenvalue weighted by Crippen LogP contribution is 2.04. The lowest BCUT2D eigenvalue weighted by Gasteiger charge is -2.11. The fourth-order valence-corrected chi connectivity index (χ4v) is 1.79. The molecule has 0 spiro atoms. The smallest absolute Gasteiger partial charge is 0.315 e. The maximum absolute atomic E-state index is 11.0. The van der Waals surface area contributed by atoms with E-state index in [1.165, 1.54) is 0 Å². The van der Waals surface area contributed by atoms with Gasteiger partial charge in [-0.1, -0.05) is 6.92 Å². The number of amides is 3. The normalized spacial score (nSPS) is 16.5. The highest BCUT2D eigenvalue weighted by Gasteiger charge is 2.25. The van der Waals surface area contributed by atoms with Crippen LogP contribution in [0.25, 0.3) is 0 Å². The molecule has 3 amide bonds. The van der Waals surface area contributed by atoms with E-state index in [2.05, 4.69) is 12.2 Å². The van der Waals surface area contributed by atoms with Gasteiger partial charge in [-0.2, -0.15) is 11.8 Å². The predicted molar refractivity (Wildman–Crippen MR) is 52.7 cm³/mol. The molecule has 1 rings (SSSR count). The number of nitrogens with one attached hydrogen (secondary N) is 1. The Labute approximate surface area is 82.0 Å². The van der Waals surface area contributed by atoms with E-state index in [4.69, 9.17) is 0 Å². The quantitative estimate of drug-likeness (QED) is 0.527. The Morgan fingerprint density at radius 3 is 2.85 bits per heavy atom. The van der Waals surface area contributed by atoms with Gasteiger partial charge >= 0.3 is 6.03 Å². The zero-order valence-electron chi connectivity index (χ0n) is 7.71. The molecular formula is C8H14N2O2S. The van der Waals surface area contributed by atoms with E-state index in [0.717, 1.165) is 17.9 Å². The van der Waals surface area contributed by atoms with Gasteiger partial charge in [0, 0.05) is 6.54 Å². The zero-order chi connectivity index (χ0) is 9.68. The lowest BCUT2D eigenvalue weighted by molar-refractivity contribution is -0.118. The molecule has 5 heteroatoms. The first-order valence-corrected chi connectivity index (χ1v) is 5.56. The van der Waals surface area contributed by atoms with Crippen molar-refractivity contribution in [3.63, 3.8) is 0 Å². The number of carbonyl (C=O) groups excluding carboxylic acids is 2. The topological polar surface area (TPSA) is 49.4 Å². The first-order valence-electron chi connectivity index (χ1n) is 4.40. The van der Waals surface area contributed by atoms with Gasteiger partial charge in [-0.3, -0.25) is 10.1 Å². The first-order chi connectivity index (χ1) is 6.24. The van der Waals surface area contributed by atoms with Gasteiger partial charge in [0.2, 0.25) is 5.91 Å². The van der Waals surface area contributed by atoms with E-state index < -0.39 is 0 Å². The molecule has 1 saturated heterocycles. The molecule has 1 aliphatic rings. The van der Waals surface area contributed by atoms with Crippen LogP contribution in [0.2, 0.25) is 0 Å². The van der Waals surface area contributed by atoms with Crippen molar-refractivity contribution < 1.29 is 9.59 Å². The van der Waals surface area contributed by atoms with Crippen LogP contribution in [0.1, 0.15) is 13.3 Å². The summed E-state index contributed by atoms with van der Waals surface area (Å²) in [6.07, 6.45) is 0.958. The fraction of sp³-hybridized carbons (Fsp3) is 0.750. The summed E-state index contributed by atoms with van der Waals surface area (Å²) in [5, 5.41) is 2.25. The molecule has 74 valence electrons. The minimum Gasteiger partial charge on any atom is -0.315 e. The molecule has 0 saturated carbocycles. The molecule has 0 atom stereocenters. The lowest BCUT2D eigenvalue weighted by atomic mass is 10.4. The molecule has 0 aliphatic carbocycles. The van der Waals surface area contributed by atoms with E-state index in [9.17, 15) is 9.59 Å². The second-order valence-corrected chi connectivity index (χ2v) is 4.22. The van der Waals surface area contributed by atoms with E-state index in [1.54, 1.807) is 4.90 Å². The predicted octanol–water partition coefficient (Wildman–Crippen LogP) is 0.681. The third-order valence-corrected chi connectivity index (χ3v) is 2.77. The number of urea groups is 1. The van der Waals surface area contributed by atoms with Crippen LogP contribution in [0.5, 0.6) is 0 Å². The molecule has 0 aromatic carbocycles. The van der Waals surface area contributed by atoms with Crippen molar-refractivity contribution in [3.8, 4) is 0 Å². The van der Waals surface area contributed by atoms with Crippen LogP contribution in [0.15, 0.2) is 0 Å². The third kappa shape index (κ3) is 3.26. The molecule has 0 aromatic heterocycles. The minimum atomic E-state index is -0.244. The van der Waals surface area contributed by atoms with Crippen molar-refractivity contribution in [2.75, 3.05) is 24.6 Å². The summed E-state index contributed by atoms with van der Waals surface area (Å²) >= 11 is 1.85. The van der Waals surface area contributed by atoms with Gasteiger partial charge in [0.05, 0.1) is 0 Å². The number of rotatable bonds is 5. The van der Waals surface area contributed by atoms with Crippen LogP contribution in [0.3, 0.4) is 0 Å². The van der Waals surface area contributed by atoms with E-state index in [1.807, 2.05) is 11.8 Å². The molecule has 0 bridgehead atoms. The number of hydrogen-bond donors (Lipinski definition) is 1. The van der Waals surface area contributed by atoms with Crippen LogP contribution < -0.4 is 5.32 Å². The lowest BCUT2D eigenvalue weighted by Crippen LogP contribution is -2.29. The average Bonchev–Trinajstić information content (AvgIpc) is 2.39. The van der Waals surface area contributed by atoms with Crippen molar-refractivity contribution in [3.05, 3.63) is 0 Å². The van der Waals surface area contributed by atoms with E-state index >= 15 is 0 Å². The van der Waals surface area contributed by atoms with Gasteiger partial charge in [0.1, 0.15) is 6.54 Å². The summed E-state index contributed by atoms with van der Waals surface area (Å²) in [5.41, 5.74) is 0. The molecule has 0 unspecified atom stereocenters. The van der Waals surface area contributed by atoms with Crippen molar-refractivity contribution in [2.24, 2.45) is 0 Å². The van der Waals surface area contributed by atoms with Crippen LogP contribution in [-0.2, 0) is 4.79 Å². The van der Waals surface area contributed by atoms with Crippen molar-refractivity contribution in [2.45, 2.75) is 13.3 Å². The standard InChI is InChI=1S/C8H14N2O2S/c1-2-13-5-3-4-10-6-7(11)9-8(10)12/h2-6H2,1H3,(H,9,11,12). The Morgan fingerprint density at radius 2 is 2.31 bits per heavy atom. The van der Waals surface area contributed by atoms with Crippen LogP contribution >= 0.6 is 11.8 Å². The van der Waals surface area contributed by atoms with Gasteiger partial charge in [0.15, 0.2) is 0 Å². The van der Waals surface area contributed by atoms with Crippen LogP contribution in [-0.4, -0.2) is 41.4 Å². The fourth-order valence-electron chi connectivity index (χ4n) is 1.17. The maximum atomic E-state index is 11.0. The molecular weight excluding hydrogens is 188 g/mol. The Kier molecular flexibility index (Phi) is 4.08. The highest BCUT2D eigenvalue weighted by molar-refractivity contribution is 7.99. The molecule has 0 aromatic rings. The Balaban J connectivity index is 2.14. The molecule has 0 radical (unpaired) electrons. The highest BCUT2D eigenvalue weighted by atomic mass is 32.2. The minimum absolute atomic E-state index is 0.187. The molecule has 4 nitrogen and oxygen atoms in total. The summed E-state index contributed by atoms with van der Waals surface area (Å²) in [4.78, 5) is 23.4. The van der Waals surface area contributed by atoms with E-state index in [-0.39, 0.29) is 18.5 Å². The summed E-state index contributed by atoms with van der Waals surface area (Å²) < 4.78 is 0. The Hall–Kier alpha value is -0.710. The van der Waals surface area contributed by atoms with E-state index in [0.29, 0.717) is 6.54 Å². The second kappa shape index (κ2) is 5.11. The van der Waals surface area contributed by atoms with Gasteiger partial charge in [-0.25, -0.2) is 4.79 Å². The van der Waals surface area contributed by atoms with Crippen molar-refractivity contribution >= 4 is 23.7 Å². The largest absolute Gasteiger partial charge is 0.324 e. The number of nitrogens with zero attached hydrogens (tertiary/aromatic N) is 1.